The number of pyridine rings is 1. The molecule has 2 aromatic rings. The highest BCUT2D eigenvalue weighted by Crippen LogP contribution is 2.43. The minimum atomic E-state index is -0.138. The number of nitrogens with zero attached hydrogens (tertiary/aromatic N) is 4. The number of fused-ring (bicyclic) bond motifs is 1. The van der Waals surface area contributed by atoms with Gasteiger partial charge in [-0.15, -0.1) is 5.10 Å². The van der Waals surface area contributed by atoms with Gasteiger partial charge >= 0.3 is 0 Å². The predicted molar refractivity (Wildman–Crippen MR) is 105 cm³/mol. The van der Waals surface area contributed by atoms with Crippen LogP contribution in [-0.4, -0.2) is 29.5 Å². The molecule has 2 aliphatic heterocycles. The van der Waals surface area contributed by atoms with E-state index in [0.29, 0.717) is 10.6 Å². The van der Waals surface area contributed by atoms with Crippen molar-refractivity contribution in [2.45, 2.75) is 31.3 Å². The molecule has 0 atom stereocenters. The third-order valence-electron chi connectivity index (χ3n) is 5.42. The molecule has 0 radical (unpaired) electrons. The van der Waals surface area contributed by atoms with Crippen LogP contribution in [0.15, 0.2) is 46.9 Å². The van der Waals surface area contributed by atoms with Gasteiger partial charge in [-0.1, -0.05) is 29.0 Å². The lowest BCUT2D eigenvalue weighted by Gasteiger charge is -2.45. The lowest BCUT2D eigenvalue weighted by molar-refractivity contribution is 0.0226. The van der Waals surface area contributed by atoms with E-state index in [9.17, 15) is 0 Å². The first-order valence-corrected chi connectivity index (χ1v) is 9.36. The van der Waals surface area contributed by atoms with Crippen LogP contribution in [0.3, 0.4) is 0 Å². The van der Waals surface area contributed by atoms with Crippen molar-refractivity contribution in [1.82, 2.24) is 4.98 Å². The van der Waals surface area contributed by atoms with Gasteiger partial charge in [0.25, 0.3) is 0 Å². The van der Waals surface area contributed by atoms with E-state index in [1.165, 1.54) is 5.56 Å². The number of hydrogen-bond acceptors (Lipinski definition) is 5. The zero-order chi connectivity index (χ0) is 18.9. The molecule has 8 heteroatoms. The number of halogens is 1. The fourth-order valence-corrected chi connectivity index (χ4v) is 4.06. The van der Waals surface area contributed by atoms with Crippen molar-refractivity contribution in [3.8, 4) is 5.75 Å². The van der Waals surface area contributed by atoms with Crippen LogP contribution in [0, 0.1) is 5.53 Å². The summed E-state index contributed by atoms with van der Waals surface area (Å²) in [5.74, 6) is 1.95. The van der Waals surface area contributed by atoms with Crippen molar-refractivity contribution in [2.75, 3.05) is 18.0 Å². The molecule has 1 aromatic heterocycles. The Bertz CT molecular complexity index is 874. The standard InChI is InChI=1S/C19H21ClN6O/c20-15-3-1-2-13-6-7-19(27-17(13)15)8-10-26(11-9-19)16-5-4-14(12-23-16)18(21)24-25-22/h1-5,12H,6-11H2,(H3,21,22,24). The van der Waals surface area contributed by atoms with E-state index in [1.807, 2.05) is 24.3 Å². The van der Waals surface area contributed by atoms with Gasteiger partial charge in [-0.2, -0.15) is 5.53 Å². The van der Waals surface area contributed by atoms with Gasteiger partial charge in [-0.05, 0) is 36.6 Å². The van der Waals surface area contributed by atoms with Crippen LogP contribution in [0.25, 0.3) is 0 Å². The van der Waals surface area contributed by atoms with Gasteiger partial charge in [0.15, 0.2) is 5.84 Å². The largest absolute Gasteiger partial charge is 0.485 e. The van der Waals surface area contributed by atoms with Gasteiger partial charge in [0.05, 0.1) is 5.02 Å². The highest BCUT2D eigenvalue weighted by atomic mass is 35.5. The summed E-state index contributed by atoms with van der Waals surface area (Å²) in [5, 5.41) is 7.17. The molecule has 7 nitrogen and oxygen atoms in total. The SMILES string of the molecule is N=N/N=C(\N)c1ccc(N2CCC3(CCc4cccc(Cl)c4O3)CC2)nc1. The summed E-state index contributed by atoms with van der Waals surface area (Å²) in [6.45, 7) is 1.75. The first kappa shape index (κ1) is 17.7. The third-order valence-corrected chi connectivity index (χ3v) is 5.71. The lowest BCUT2D eigenvalue weighted by Crippen LogP contribution is -2.50. The number of benzene rings is 1. The monoisotopic (exact) mass is 384 g/mol. The Morgan fingerprint density at radius 1 is 1.22 bits per heavy atom. The number of ether oxygens (including phenoxy) is 1. The summed E-state index contributed by atoms with van der Waals surface area (Å²) in [5.41, 5.74) is 14.2. The molecular formula is C19H21ClN6O. The van der Waals surface area contributed by atoms with Crippen LogP contribution in [-0.2, 0) is 6.42 Å². The number of rotatable bonds is 3. The van der Waals surface area contributed by atoms with Crippen molar-refractivity contribution in [3.05, 3.63) is 52.7 Å². The second-order valence-corrected chi connectivity index (χ2v) is 7.40. The Hall–Kier alpha value is -2.67. The molecule has 0 unspecified atom stereocenters. The molecular weight excluding hydrogens is 364 g/mol. The fraction of sp³-hybridized carbons (Fsp3) is 0.368. The number of hydrogen-bond donors (Lipinski definition) is 2. The van der Waals surface area contributed by atoms with Gasteiger partial charge in [0.2, 0.25) is 0 Å². The molecule has 1 fully saturated rings. The Kier molecular flexibility index (Phi) is 4.70. The number of para-hydroxylation sites is 1. The van der Waals surface area contributed by atoms with Crippen LogP contribution in [0.4, 0.5) is 5.82 Å². The summed E-state index contributed by atoms with van der Waals surface area (Å²) in [4.78, 5) is 6.74. The van der Waals surface area contributed by atoms with Crippen molar-refractivity contribution < 1.29 is 4.74 Å². The van der Waals surface area contributed by atoms with Gasteiger partial charge in [-0.25, -0.2) is 4.98 Å². The minimum absolute atomic E-state index is 0.138. The molecule has 140 valence electrons. The minimum Gasteiger partial charge on any atom is -0.485 e. The summed E-state index contributed by atoms with van der Waals surface area (Å²) in [6.07, 6.45) is 5.55. The molecule has 1 aromatic carbocycles. The number of aryl methyl sites for hydroxylation is 1. The summed E-state index contributed by atoms with van der Waals surface area (Å²) >= 11 is 6.35. The number of piperidine rings is 1. The highest BCUT2D eigenvalue weighted by Gasteiger charge is 2.40. The Labute approximate surface area is 162 Å². The lowest BCUT2D eigenvalue weighted by atomic mass is 9.83. The van der Waals surface area contributed by atoms with Crippen molar-refractivity contribution in [2.24, 2.45) is 16.1 Å². The molecule has 0 saturated carbocycles. The van der Waals surface area contributed by atoms with E-state index in [0.717, 1.165) is 50.3 Å². The molecule has 2 aliphatic rings. The molecule has 0 aliphatic carbocycles. The van der Waals surface area contributed by atoms with E-state index in [1.54, 1.807) is 6.20 Å². The van der Waals surface area contributed by atoms with Crippen LogP contribution in [0.5, 0.6) is 5.75 Å². The third kappa shape index (κ3) is 3.47. The quantitative estimate of drug-likeness (QED) is 0.364. The summed E-state index contributed by atoms with van der Waals surface area (Å²) < 4.78 is 6.41. The Balaban J connectivity index is 1.44. The van der Waals surface area contributed by atoms with Crippen molar-refractivity contribution in [1.29, 1.82) is 5.53 Å². The number of amidine groups is 1. The predicted octanol–water partition coefficient (Wildman–Crippen LogP) is 3.75. The van der Waals surface area contributed by atoms with E-state index in [4.69, 9.17) is 27.6 Å². The summed E-state index contributed by atoms with van der Waals surface area (Å²) in [7, 11) is 0. The van der Waals surface area contributed by atoms with E-state index in [-0.39, 0.29) is 11.4 Å². The number of nitrogens with two attached hydrogens (primary N) is 1. The number of aromatic nitrogens is 1. The molecule has 4 rings (SSSR count). The van der Waals surface area contributed by atoms with Crippen LogP contribution < -0.4 is 15.4 Å². The second kappa shape index (κ2) is 7.15. The average Bonchev–Trinajstić information content (AvgIpc) is 2.70. The maximum Gasteiger partial charge on any atom is 0.156 e. The maximum absolute atomic E-state index is 6.75. The zero-order valence-corrected chi connectivity index (χ0v) is 15.6. The van der Waals surface area contributed by atoms with E-state index in [2.05, 4.69) is 26.3 Å². The molecule has 1 saturated heterocycles. The maximum atomic E-state index is 6.75. The second-order valence-electron chi connectivity index (χ2n) is 6.99. The number of anilines is 1. The van der Waals surface area contributed by atoms with Gasteiger partial charge in [-0.3, -0.25) is 0 Å². The van der Waals surface area contributed by atoms with E-state index < -0.39 is 0 Å². The topological polar surface area (TPSA) is 100.0 Å². The van der Waals surface area contributed by atoms with Crippen LogP contribution in [0.1, 0.15) is 30.4 Å². The van der Waals surface area contributed by atoms with Crippen molar-refractivity contribution >= 4 is 23.3 Å². The summed E-state index contributed by atoms with van der Waals surface area (Å²) in [6, 6.07) is 9.74. The Morgan fingerprint density at radius 3 is 2.74 bits per heavy atom. The average molecular weight is 385 g/mol. The zero-order valence-electron chi connectivity index (χ0n) is 14.9. The van der Waals surface area contributed by atoms with Crippen molar-refractivity contribution in [3.63, 3.8) is 0 Å². The normalized spacial score (nSPS) is 18.7. The van der Waals surface area contributed by atoms with Gasteiger partial charge < -0.3 is 15.4 Å². The number of nitrogens with one attached hydrogen (secondary N) is 1. The molecule has 27 heavy (non-hydrogen) atoms. The smallest absolute Gasteiger partial charge is 0.156 e. The molecule has 1 spiro atoms. The van der Waals surface area contributed by atoms with E-state index >= 15 is 0 Å². The Morgan fingerprint density at radius 2 is 2.04 bits per heavy atom. The first-order chi connectivity index (χ1) is 13.1. The molecule has 3 heterocycles. The van der Waals surface area contributed by atoms with Crippen LogP contribution >= 0.6 is 11.6 Å². The van der Waals surface area contributed by atoms with Crippen LogP contribution in [0.2, 0.25) is 5.02 Å². The molecule has 0 bridgehead atoms. The molecule has 3 N–H and O–H groups in total. The fourth-order valence-electron chi connectivity index (χ4n) is 3.83. The highest BCUT2D eigenvalue weighted by molar-refractivity contribution is 6.32. The molecule has 0 amide bonds. The van der Waals surface area contributed by atoms with Gasteiger partial charge in [0, 0.05) is 37.7 Å². The van der Waals surface area contributed by atoms with Gasteiger partial charge in [0.1, 0.15) is 17.2 Å². The first-order valence-electron chi connectivity index (χ1n) is 8.98.